The number of hydrogen-bond acceptors (Lipinski definition) is 4. The molecule has 0 heterocycles. The first-order valence-corrected chi connectivity index (χ1v) is 8.80. The zero-order chi connectivity index (χ0) is 19.4. The third-order valence-corrected chi connectivity index (χ3v) is 4.37. The fourth-order valence-electron chi connectivity index (χ4n) is 3.11. The second-order valence-electron chi connectivity index (χ2n) is 7.38. The molecule has 26 heavy (non-hydrogen) atoms. The maximum Gasteiger partial charge on any atom is 0.421 e. The number of hydrogen-bond donors (Lipinski definition) is 3. The second kappa shape index (κ2) is 8.43. The molecule has 0 unspecified atom stereocenters. The van der Waals surface area contributed by atoms with Gasteiger partial charge in [0.1, 0.15) is 6.61 Å². The highest BCUT2D eigenvalue weighted by Gasteiger charge is 2.33. The molecule has 1 aliphatic carbocycles. The molecule has 1 fully saturated rings. The number of benzene rings is 1. The van der Waals surface area contributed by atoms with Crippen molar-refractivity contribution < 1.29 is 27.4 Å². The van der Waals surface area contributed by atoms with Gasteiger partial charge in [0.2, 0.25) is 0 Å². The Balaban J connectivity index is 1.98. The van der Waals surface area contributed by atoms with Crippen molar-refractivity contribution in [3.63, 3.8) is 0 Å². The van der Waals surface area contributed by atoms with Crippen LogP contribution in [0, 0.1) is 11.6 Å². The van der Waals surface area contributed by atoms with E-state index in [-0.39, 0.29) is 11.2 Å². The summed E-state index contributed by atoms with van der Waals surface area (Å²) in [6.07, 6.45) is 1.80. The standard InChI is InChI=1S/C18H26F4N2O2/c1-17(2,24-12-6-4-3-5-7-12)10-23-13-8-14(19)16(15(20)9-13)26-18(21,22)11-25/h8-9,12,23-25H,3-7,10-11H2,1-2H3. The van der Waals surface area contributed by atoms with Gasteiger partial charge in [-0.15, -0.1) is 0 Å². The van der Waals surface area contributed by atoms with Crippen molar-refractivity contribution >= 4 is 5.69 Å². The average Bonchev–Trinajstić information content (AvgIpc) is 2.57. The van der Waals surface area contributed by atoms with Crippen LogP contribution in [0.5, 0.6) is 5.75 Å². The van der Waals surface area contributed by atoms with Crippen molar-refractivity contribution in [1.82, 2.24) is 5.32 Å². The van der Waals surface area contributed by atoms with E-state index in [0.717, 1.165) is 25.0 Å². The molecule has 1 saturated carbocycles. The zero-order valence-electron chi connectivity index (χ0n) is 15.0. The van der Waals surface area contributed by atoms with Gasteiger partial charge in [0.25, 0.3) is 0 Å². The summed E-state index contributed by atoms with van der Waals surface area (Å²) in [6, 6.07) is 2.20. The summed E-state index contributed by atoms with van der Waals surface area (Å²) in [4.78, 5) is 0. The Morgan fingerprint density at radius 2 is 1.69 bits per heavy atom. The Bertz CT molecular complexity index is 582. The van der Waals surface area contributed by atoms with Gasteiger partial charge in [-0.1, -0.05) is 19.3 Å². The van der Waals surface area contributed by atoms with E-state index in [1.165, 1.54) is 19.3 Å². The molecule has 0 radical (unpaired) electrons. The Morgan fingerprint density at radius 3 is 2.23 bits per heavy atom. The summed E-state index contributed by atoms with van der Waals surface area (Å²) < 4.78 is 57.8. The molecule has 0 aromatic heterocycles. The summed E-state index contributed by atoms with van der Waals surface area (Å²) >= 11 is 0. The van der Waals surface area contributed by atoms with Crippen molar-refractivity contribution in [3.8, 4) is 5.75 Å². The van der Waals surface area contributed by atoms with E-state index in [0.29, 0.717) is 12.6 Å². The molecule has 0 saturated heterocycles. The summed E-state index contributed by atoms with van der Waals surface area (Å²) in [5.74, 6) is -3.74. The number of alkyl halides is 2. The summed E-state index contributed by atoms with van der Waals surface area (Å²) in [5, 5.41) is 14.9. The number of halogens is 4. The molecule has 1 aromatic rings. The van der Waals surface area contributed by atoms with E-state index in [9.17, 15) is 17.6 Å². The van der Waals surface area contributed by atoms with Crippen molar-refractivity contribution in [3.05, 3.63) is 23.8 Å². The van der Waals surface area contributed by atoms with Crippen LogP contribution in [0.2, 0.25) is 0 Å². The zero-order valence-corrected chi connectivity index (χ0v) is 15.0. The molecule has 8 heteroatoms. The molecule has 0 bridgehead atoms. The summed E-state index contributed by atoms with van der Waals surface area (Å²) in [6.45, 7) is 2.70. The number of nitrogens with one attached hydrogen (secondary N) is 2. The third kappa shape index (κ3) is 6.02. The van der Waals surface area contributed by atoms with Gasteiger partial charge >= 0.3 is 6.11 Å². The molecule has 2 rings (SSSR count). The van der Waals surface area contributed by atoms with Crippen LogP contribution in [-0.4, -0.2) is 35.9 Å². The van der Waals surface area contributed by atoms with E-state index >= 15 is 0 Å². The van der Waals surface area contributed by atoms with Gasteiger partial charge in [0.15, 0.2) is 17.4 Å². The van der Waals surface area contributed by atoms with Gasteiger partial charge in [-0.2, -0.15) is 8.78 Å². The predicted octanol–water partition coefficient (Wildman–Crippen LogP) is 4.04. The van der Waals surface area contributed by atoms with Crippen LogP contribution in [0.15, 0.2) is 12.1 Å². The smallest absolute Gasteiger partial charge is 0.421 e. The fourth-order valence-corrected chi connectivity index (χ4v) is 3.11. The van der Waals surface area contributed by atoms with Gasteiger partial charge in [0, 0.05) is 35.9 Å². The average molecular weight is 378 g/mol. The number of anilines is 1. The molecule has 0 spiro atoms. The molecule has 4 nitrogen and oxygen atoms in total. The van der Waals surface area contributed by atoms with Crippen LogP contribution in [0.4, 0.5) is 23.2 Å². The highest BCUT2D eigenvalue weighted by Crippen LogP contribution is 2.30. The first kappa shape index (κ1) is 20.8. The molecule has 0 amide bonds. The van der Waals surface area contributed by atoms with Crippen LogP contribution in [0.3, 0.4) is 0 Å². The van der Waals surface area contributed by atoms with Gasteiger partial charge in [-0.25, -0.2) is 8.78 Å². The van der Waals surface area contributed by atoms with Gasteiger partial charge in [-0.05, 0) is 26.7 Å². The first-order valence-electron chi connectivity index (χ1n) is 8.80. The third-order valence-electron chi connectivity index (χ3n) is 4.37. The number of aliphatic hydroxyl groups excluding tert-OH is 1. The van der Waals surface area contributed by atoms with Gasteiger partial charge in [0.05, 0.1) is 0 Å². The molecule has 3 N–H and O–H groups in total. The Hall–Kier alpha value is -1.54. The summed E-state index contributed by atoms with van der Waals surface area (Å²) in [7, 11) is 0. The molecule has 148 valence electrons. The fraction of sp³-hybridized carbons (Fsp3) is 0.667. The predicted molar refractivity (Wildman–Crippen MR) is 91.6 cm³/mol. The Morgan fingerprint density at radius 1 is 1.12 bits per heavy atom. The molecular formula is C18H26F4N2O2. The first-order chi connectivity index (χ1) is 12.1. The molecular weight excluding hydrogens is 352 g/mol. The molecule has 0 aliphatic heterocycles. The van der Waals surface area contributed by atoms with E-state index in [1.807, 2.05) is 13.8 Å². The lowest BCUT2D eigenvalue weighted by atomic mass is 9.92. The minimum absolute atomic E-state index is 0.123. The monoisotopic (exact) mass is 378 g/mol. The van der Waals surface area contributed by atoms with Crippen molar-refractivity contribution in [2.75, 3.05) is 18.5 Å². The normalized spacial score (nSPS) is 16.6. The lowest BCUT2D eigenvalue weighted by Gasteiger charge is -2.34. The number of rotatable bonds is 8. The maximum absolute atomic E-state index is 13.9. The van der Waals surface area contributed by atoms with E-state index < -0.39 is 30.1 Å². The number of ether oxygens (including phenoxy) is 1. The Labute approximate surface area is 150 Å². The molecule has 1 aliphatic rings. The Kier molecular flexibility index (Phi) is 6.74. The van der Waals surface area contributed by atoms with Crippen LogP contribution in [0.1, 0.15) is 46.0 Å². The van der Waals surface area contributed by atoms with Crippen LogP contribution < -0.4 is 15.4 Å². The topological polar surface area (TPSA) is 53.5 Å². The molecule has 1 aromatic carbocycles. The molecule has 0 atom stereocenters. The van der Waals surface area contributed by atoms with E-state index in [1.54, 1.807) is 0 Å². The number of aliphatic hydroxyl groups is 1. The quantitative estimate of drug-likeness (QED) is 0.598. The van der Waals surface area contributed by atoms with E-state index in [2.05, 4.69) is 15.4 Å². The lowest BCUT2D eigenvalue weighted by Crippen LogP contribution is -2.50. The highest BCUT2D eigenvalue weighted by atomic mass is 19.3. The van der Waals surface area contributed by atoms with Crippen molar-refractivity contribution in [2.45, 2.75) is 63.6 Å². The van der Waals surface area contributed by atoms with Crippen LogP contribution >= 0.6 is 0 Å². The minimum Gasteiger partial charge on any atom is -0.425 e. The second-order valence-corrected chi connectivity index (χ2v) is 7.38. The van der Waals surface area contributed by atoms with Crippen LogP contribution in [-0.2, 0) is 0 Å². The van der Waals surface area contributed by atoms with Gasteiger partial charge in [-0.3, -0.25) is 0 Å². The van der Waals surface area contributed by atoms with Crippen molar-refractivity contribution in [2.24, 2.45) is 0 Å². The van der Waals surface area contributed by atoms with Crippen LogP contribution in [0.25, 0.3) is 0 Å². The SMILES string of the molecule is CC(C)(CNc1cc(F)c(OC(F)(F)CO)c(F)c1)NC1CCCCC1. The summed E-state index contributed by atoms with van der Waals surface area (Å²) in [5.41, 5.74) is -0.188. The minimum atomic E-state index is -4.05. The highest BCUT2D eigenvalue weighted by molar-refractivity contribution is 5.48. The largest absolute Gasteiger partial charge is 0.425 e. The van der Waals surface area contributed by atoms with Gasteiger partial charge < -0.3 is 20.5 Å². The maximum atomic E-state index is 13.9. The lowest BCUT2D eigenvalue weighted by molar-refractivity contribution is -0.203. The van der Waals surface area contributed by atoms with Crippen molar-refractivity contribution in [1.29, 1.82) is 0 Å². The van der Waals surface area contributed by atoms with E-state index in [4.69, 9.17) is 5.11 Å².